The Morgan fingerprint density at radius 2 is 1.79 bits per heavy atom. The summed E-state index contributed by atoms with van der Waals surface area (Å²) in [5, 5.41) is 5.96. The van der Waals surface area contributed by atoms with Gasteiger partial charge in [0.25, 0.3) is 0 Å². The first-order chi connectivity index (χ1) is 14.2. The monoisotopic (exact) mass is 395 g/mol. The molecule has 0 saturated carbocycles. The van der Waals surface area contributed by atoms with Gasteiger partial charge in [-0.1, -0.05) is 30.3 Å². The fourth-order valence-electron chi connectivity index (χ4n) is 3.88. The Kier molecular flexibility index (Phi) is 6.20. The van der Waals surface area contributed by atoms with E-state index in [0.717, 1.165) is 29.2 Å². The molecule has 2 amide bonds. The standard InChI is InChI=1S/C23H29N3O3/c1-17(20-7-8-21-22(14-20)29-12-11-28-21)25-23(27)24-15-18-5-4-6-19(13-18)16-26-9-2-3-10-26/h4-8,13-14,17H,2-3,9-12,15-16H2,1H3,(H2,24,25,27). The quantitative estimate of drug-likeness (QED) is 0.784. The van der Waals surface area contributed by atoms with E-state index in [9.17, 15) is 4.79 Å². The lowest BCUT2D eigenvalue weighted by molar-refractivity contribution is 0.171. The van der Waals surface area contributed by atoms with Crippen molar-refractivity contribution < 1.29 is 14.3 Å². The Hall–Kier alpha value is -2.73. The molecule has 29 heavy (non-hydrogen) atoms. The van der Waals surface area contributed by atoms with Crippen molar-refractivity contribution in [2.75, 3.05) is 26.3 Å². The fraction of sp³-hybridized carbons (Fsp3) is 0.435. The average molecular weight is 396 g/mol. The molecule has 2 N–H and O–H groups in total. The molecule has 0 radical (unpaired) electrons. The number of rotatable bonds is 6. The molecule has 1 fully saturated rings. The van der Waals surface area contributed by atoms with Crippen LogP contribution in [0.3, 0.4) is 0 Å². The second-order valence-electron chi connectivity index (χ2n) is 7.76. The van der Waals surface area contributed by atoms with E-state index >= 15 is 0 Å². The maximum Gasteiger partial charge on any atom is 0.315 e. The molecule has 2 aromatic carbocycles. The number of amides is 2. The van der Waals surface area contributed by atoms with Crippen LogP contribution in [0.1, 0.15) is 42.5 Å². The molecule has 2 heterocycles. The molecule has 0 aliphatic carbocycles. The first kappa shape index (κ1) is 19.6. The van der Waals surface area contributed by atoms with Gasteiger partial charge in [0.05, 0.1) is 6.04 Å². The minimum atomic E-state index is -0.183. The van der Waals surface area contributed by atoms with Crippen LogP contribution in [0.15, 0.2) is 42.5 Å². The van der Waals surface area contributed by atoms with Crippen LogP contribution >= 0.6 is 0 Å². The molecular formula is C23H29N3O3. The van der Waals surface area contributed by atoms with Crippen molar-refractivity contribution in [3.05, 3.63) is 59.2 Å². The average Bonchev–Trinajstić information content (AvgIpc) is 3.25. The van der Waals surface area contributed by atoms with E-state index in [-0.39, 0.29) is 12.1 Å². The number of carbonyl (C=O) groups excluding carboxylic acids is 1. The second-order valence-corrected chi connectivity index (χ2v) is 7.76. The maximum absolute atomic E-state index is 12.4. The molecule has 154 valence electrons. The van der Waals surface area contributed by atoms with Crippen LogP contribution in [-0.2, 0) is 13.1 Å². The van der Waals surface area contributed by atoms with Crippen LogP contribution in [0.4, 0.5) is 4.79 Å². The van der Waals surface area contributed by atoms with Crippen molar-refractivity contribution >= 4 is 6.03 Å². The minimum absolute atomic E-state index is 0.132. The number of urea groups is 1. The minimum Gasteiger partial charge on any atom is -0.486 e. The summed E-state index contributed by atoms with van der Waals surface area (Å²) in [6.45, 7) is 6.94. The zero-order chi connectivity index (χ0) is 20.1. The van der Waals surface area contributed by atoms with Gasteiger partial charge < -0.3 is 20.1 Å². The Balaban J connectivity index is 1.28. The highest BCUT2D eigenvalue weighted by atomic mass is 16.6. The first-order valence-corrected chi connectivity index (χ1v) is 10.4. The number of ether oxygens (including phenoxy) is 2. The summed E-state index contributed by atoms with van der Waals surface area (Å²) in [7, 11) is 0. The van der Waals surface area contributed by atoms with E-state index < -0.39 is 0 Å². The third-order valence-corrected chi connectivity index (χ3v) is 5.46. The normalized spacial score (nSPS) is 17.0. The lowest BCUT2D eigenvalue weighted by Crippen LogP contribution is -2.36. The van der Waals surface area contributed by atoms with E-state index in [2.05, 4.69) is 39.8 Å². The van der Waals surface area contributed by atoms with Gasteiger partial charge in [-0.3, -0.25) is 4.90 Å². The summed E-state index contributed by atoms with van der Waals surface area (Å²) in [5.41, 5.74) is 3.40. The van der Waals surface area contributed by atoms with Crippen LogP contribution in [0.2, 0.25) is 0 Å². The van der Waals surface area contributed by atoms with Crippen molar-refractivity contribution in [1.29, 1.82) is 0 Å². The predicted octanol–water partition coefficient (Wildman–Crippen LogP) is 3.61. The maximum atomic E-state index is 12.4. The van der Waals surface area contributed by atoms with Crippen LogP contribution in [0.5, 0.6) is 11.5 Å². The lowest BCUT2D eigenvalue weighted by atomic mass is 10.1. The van der Waals surface area contributed by atoms with Crippen LogP contribution < -0.4 is 20.1 Å². The SMILES string of the molecule is CC(NC(=O)NCc1cccc(CN2CCCC2)c1)c1ccc2c(c1)OCCO2. The van der Waals surface area contributed by atoms with E-state index in [1.165, 1.54) is 31.5 Å². The number of nitrogens with one attached hydrogen (secondary N) is 2. The van der Waals surface area contributed by atoms with Crippen molar-refractivity contribution in [3.8, 4) is 11.5 Å². The summed E-state index contributed by atoms with van der Waals surface area (Å²) in [4.78, 5) is 14.8. The Morgan fingerprint density at radius 3 is 2.62 bits per heavy atom. The first-order valence-electron chi connectivity index (χ1n) is 10.4. The van der Waals surface area contributed by atoms with Gasteiger partial charge in [0, 0.05) is 13.1 Å². The van der Waals surface area contributed by atoms with Crippen LogP contribution in [-0.4, -0.2) is 37.2 Å². The third-order valence-electron chi connectivity index (χ3n) is 5.46. The van der Waals surface area contributed by atoms with Crippen LogP contribution in [0, 0.1) is 0 Å². The van der Waals surface area contributed by atoms with Crippen molar-refractivity contribution in [2.24, 2.45) is 0 Å². The second kappa shape index (κ2) is 9.18. The van der Waals surface area contributed by atoms with E-state index in [4.69, 9.17) is 9.47 Å². The van der Waals surface area contributed by atoms with Gasteiger partial charge in [0.15, 0.2) is 11.5 Å². The highest BCUT2D eigenvalue weighted by Crippen LogP contribution is 2.32. The molecule has 2 aliphatic rings. The molecule has 0 aromatic heterocycles. The Morgan fingerprint density at radius 1 is 1.03 bits per heavy atom. The fourth-order valence-corrected chi connectivity index (χ4v) is 3.88. The molecule has 4 rings (SSSR count). The highest BCUT2D eigenvalue weighted by Gasteiger charge is 2.16. The Labute approximate surface area is 172 Å². The number of likely N-dealkylation sites (tertiary alicyclic amines) is 1. The van der Waals surface area contributed by atoms with Gasteiger partial charge in [0.2, 0.25) is 0 Å². The third kappa shape index (κ3) is 5.21. The number of carbonyl (C=O) groups is 1. The number of hydrogen-bond acceptors (Lipinski definition) is 4. The van der Waals surface area contributed by atoms with E-state index in [0.29, 0.717) is 19.8 Å². The zero-order valence-electron chi connectivity index (χ0n) is 16.9. The van der Waals surface area contributed by atoms with Crippen molar-refractivity contribution in [1.82, 2.24) is 15.5 Å². The molecule has 2 aliphatic heterocycles. The molecule has 1 unspecified atom stereocenters. The molecule has 0 bridgehead atoms. The van der Waals surface area contributed by atoms with Gasteiger partial charge in [-0.15, -0.1) is 0 Å². The molecule has 6 heteroatoms. The summed E-state index contributed by atoms with van der Waals surface area (Å²) in [5.74, 6) is 1.49. The van der Waals surface area contributed by atoms with E-state index in [1.54, 1.807) is 0 Å². The van der Waals surface area contributed by atoms with Gasteiger partial charge in [-0.25, -0.2) is 4.79 Å². The summed E-state index contributed by atoms with van der Waals surface area (Å²) < 4.78 is 11.2. The number of hydrogen-bond donors (Lipinski definition) is 2. The lowest BCUT2D eigenvalue weighted by Gasteiger charge is -2.21. The van der Waals surface area contributed by atoms with Crippen molar-refractivity contribution in [3.63, 3.8) is 0 Å². The number of benzene rings is 2. The number of fused-ring (bicyclic) bond motifs is 1. The summed E-state index contributed by atoms with van der Waals surface area (Å²) in [6, 6.07) is 13.9. The molecule has 0 spiro atoms. The van der Waals surface area contributed by atoms with Gasteiger partial charge in [-0.2, -0.15) is 0 Å². The van der Waals surface area contributed by atoms with Crippen LogP contribution in [0.25, 0.3) is 0 Å². The van der Waals surface area contributed by atoms with Gasteiger partial charge >= 0.3 is 6.03 Å². The highest BCUT2D eigenvalue weighted by molar-refractivity contribution is 5.74. The molecule has 2 aromatic rings. The topological polar surface area (TPSA) is 62.8 Å². The molecule has 1 saturated heterocycles. The molecule has 1 atom stereocenters. The summed E-state index contributed by atoms with van der Waals surface area (Å²) >= 11 is 0. The predicted molar refractivity (Wildman–Crippen MR) is 112 cm³/mol. The molecular weight excluding hydrogens is 366 g/mol. The summed E-state index contributed by atoms with van der Waals surface area (Å²) in [6.07, 6.45) is 2.59. The van der Waals surface area contributed by atoms with Gasteiger partial charge in [0.1, 0.15) is 13.2 Å². The zero-order valence-corrected chi connectivity index (χ0v) is 16.9. The Bertz CT molecular complexity index is 849. The largest absolute Gasteiger partial charge is 0.486 e. The van der Waals surface area contributed by atoms with E-state index in [1.807, 2.05) is 25.1 Å². The van der Waals surface area contributed by atoms with Gasteiger partial charge in [-0.05, 0) is 61.7 Å². The van der Waals surface area contributed by atoms with Crippen molar-refractivity contribution in [2.45, 2.75) is 38.9 Å². The smallest absolute Gasteiger partial charge is 0.315 e. The molecule has 6 nitrogen and oxygen atoms in total. The number of nitrogens with zero attached hydrogens (tertiary/aromatic N) is 1.